The van der Waals surface area contributed by atoms with Crippen molar-refractivity contribution in [3.8, 4) is 0 Å². The summed E-state index contributed by atoms with van der Waals surface area (Å²) in [5, 5.41) is 14.5. The zero-order valence-corrected chi connectivity index (χ0v) is 23.6. The van der Waals surface area contributed by atoms with E-state index in [2.05, 4.69) is 6.92 Å². The van der Waals surface area contributed by atoms with Crippen molar-refractivity contribution in [3.63, 3.8) is 0 Å². The summed E-state index contributed by atoms with van der Waals surface area (Å²) < 4.78 is 0. The Labute approximate surface area is 236 Å². The maximum Gasteiger partial charge on any atom is 0.273 e. The Morgan fingerprint density at radius 1 is 1.13 bits per heavy atom. The molecule has 0 bridgehead atoms. The van der Waals surface area contributed by atoms with Gasteiger partial charge in [0.1, 0.15) is 6.54 Å². The first-order valence-corrected chi connectivity index (χ1v) is 14.2. The van der Waals surface area contributed by atoms with Crippen LogP contribution in [0.2, 0.25) is 10.0 Å². The molecule has 1 aliphatic rings. The Bertz CT molecular complexity index is 1360. The van der Waals surface area contributed by atoms with Gasteiger partial charge in [0, 0.05) is 45.2 Å². The summed E-state index contributed by atoms with van der Waals surface area (Å²) in [6.07, 6.45) is 3.30. The summed E-state index contributed by atoms with van der Waals surface area (Å²) in [5.41, 5.74) is 2.36. The summed E-state index contributed by atoms with van der Waals surface area (Å²) in [5.74, 6) is -0.601. The van der Waals surface area contributed by atoms with E-state index in [1.54, 1.807) is 47.4 Å². The van der Waals surface area contributed by atoms with Gasteiger partial charge in [0.15, 0.2) is 0 Å². The Hall–Kier alpha value is -2.94. The van der Waals surface area contributed by atoms with Crippen LogP contribution >= 0.6 is 34.5 Å². The van der Waals surface area contributed by atoms with Crippen LogP contribution in [0.5, 0.6) is 0 Å². The Morgan fingerprint density at radius 2 is 1.92 bits per heavy atom. The lowest BCUT2D eigenvalue weighted by Crippen LogP contribution is -2.47. The number of thiophene rings is 1. The number of carbonyl (C=O) groups excluding carboxylic acids is 2. The highest BCUT2D eigenvalue weighted by Gasteiger charge is 2.35. The monoisotopic (exact) mass is 573 g/mol. The second-order valence-electron chi connectivity index (χ2n) is 9.40. The number of nitrogens with zero attached hydrogens (tertiary/aromatic N) is 3. The molecule has 10 heteroatoms. The summed E-state index contributed by atoms with van der Waals surface area (Å²) in [6.45, 7) is 4.43. The van der Waals surface area contributed by atoms with E-state index in [-0.39, 0.29) is 23.7 Å². The molecule has 1 aromatic heterocycles. The second-order valence-corrected chi connectivity index (χ2v) is 11.2. The predicted molar refractivity (Wildman–Crippen MR) is 151 cm³/mol. The minimum Gasteiger partial charge on any atom is -0.330 e. The molecule has 0 N–H and O–H groups in total. The molecule has 0 saturated carbocycles. The molecule has 2 amide bonds. The molecule has 3 aromatic rings. The maximum absolute atomic E-state index is 13.9. The molecule has 1 aliphatic heterocycles. The van der Waals surface area contributed by atoms with Gasteiger partial charge in [0.05, 0.1) is 11.0 Å². The maximum atomic E-state index is 13.9. The molecule has 38 heavy (non-hydrogen) atoms. The van der Waals surface area contributed by atoms with Crippen molar-refractivity contribution in [2.75, 3.05) is 19.6 Å². The molecular formula is C28H29Cl2N3O4S. The highest BCUT2D eigenvalue weighted by atomic mass is 35.5. The van der Waals surface area contributed by atoms with Crippen LogP contribution < -0.4 is 0 Å². The van der Waals surface area contributed by atoms with Gasteiger partial charge in [0.25, 0.3) is 11.6 Å². The van der Waals surface area contributed by atoms with Gasteiger partial charge >= 0.3 is 0 Å². The van der Waals surface area contributed by atoms with E-state index in [1.807, 2.05) is 17.5 Å². The zero-order chi connectivity index (χ0) is 27.4. The number of unbranched alkanes of at least 4 members (excludes halogenated alkanes) is 2. The van der Waals surface area contributed by atoms with Crippen LogP contribution in [0.25, 0.3) is 0 Å². The molecule has 1 unspecified atom stereocenters. The number of hydrogen-bond acceptors (Lipinski definition) is 5. The van der Waals surface area contributed by atoms with Crippen LogP contribution in [-0.2, 0) is 11.2 Å². The Morgan fingerprint density at radius 3 is 2.63 bits per heavy atom. The van der Waals surface area contributed by atoms with Crippen LogP contribution in [0, 0.1) is 17.0 Å². The third kappa shape index (κ3) is 6.03. The van der Waals surface area contributed by atoms with Crippen molar-refractivity contribution < 1.29 is 14.5 Å². The number of rotatable bonds is 9. The number of fused-ring (bicyclic) bond motifs is 1. The van der Waals surface area contributed by atoms with Crippen LogP contribution in [0.15, 0.2) is 47.8 Å². The topological polar surface area (TPSA) is 83.8 Å². The average Bonchev–Trinajstić information content (AvgIpc) is 3.37. The number of nitro benzene ring substituents is 1. The fraction of sp³-hybridized carbons (Fsp3) is 0.357. The molecule has 0 aliphatic carbocycles. The molecule has 0 fully saturated rings. The highest BCUT2D eigenvalue weighted by Crippen LogP contribution is 2.41. The first-order valence-electron chi connectivity index (χ1n) is 12.6. The molecular weight excluding hydrogens is 545 g/mol. The minimum atomic E-state index is -0.495. The Kier molecular flexibility index (Phi) is 9.07. The van der Waals surface area contributed by atoms with Crippen molar-refractivity contribution in [1.82, 2.24) is 9.80 Å². The van der Waals surface area contributed by atoms with Crippen molar-refractivity contribution in [3.05, 3.63) is 95.1 Å². The molecule has 4 rings (SSSR count). The van der Waals surface area contributed by atoms with Crippen LogP contribution in [0.3, 0.4) is 0 Å². The number of nitro groups is 1. The van der Waals surface area contributed by atoms with Gasteiger partial charge in [-0.2, -0.15) is 0 Å². The molecule has 1 atom stereocenters. The zero-order valence-electron chi connectivity index (χ0n) is 21.3. The van der Waals surface area contributed by atoms with E-state index < -0.39 is 16.9 Å². The second kappa shape index (κ2) is 12.3. The Balaban J connectivity index is 1.65. The third-order valence-corrected chi connectivity index (χ3v) is 8.40. The van der Waals surface area contributed by atoms with E-state index in [0.717, 1.165) is 30.4 Å². The lowest BCUT2D eigenvalue weighted by atomic mass is 9.93. The van der Waals surface area contributed by atoms with Gasteiger partial charge in [-0.3, -0.25) is 19.7 Å². The number of hydrogen-bond donors (Lipinski definition) is 0. The van der Waals surface area contributed by atoms with Gasteiger partial charge in [-0.15, -0.1) is 11.3 Å². The summed E-state index contributed by atoms with van der Waals surface area (Å²) in [4.78, 5) is 42.9. The molecule has 0 saturated heterocycles. The molecule has 2 aromatic carbocycles. The van der Waals surface area contributed by atoms with Gasteiger partial charge in [-0.1, -0.05) is 55.1 Å². The third-order valence-electron chi connectivity index (χ3n) is 6.84. The highest BCUT2D eigenvalue weighted by molar-refractivity contribution is 7.10. The number of aryl methyl sites for hydroxylation is 1. The molecule has 2 heterocycles. The van der Waals surface area contributed by atoms with Crippen LogP contribution in [0.4, 0.5) is 5.69 Å². The van der Waals surface area contributed by atoms with Crippen molar-refractivity contribution in [2.45, 2.75) is 45.6 Å². The molecule has 200 valence electrons. The van der Waals surface area contributed by atoms with E-state index in [4.69, 9.17) is 23.2 Å². The summed E-state index contributed by atoms with van der Waals surface area (Å²) in [6, 6.07) is 11.3. The number of amides is 2. The largest absolute Gasteiger partial charge is 0.330 e. The quantitative estimate of drug-likeness (QED) is 0.155. The number of benzene rings is 2. The first kappa shape index (κ1) is 28.1. The number of halogens is 2. The molecule has 0 spiro atoms. The average molecular weight is 575 g/mol. The summed E-state index contributed by atoms with van der Waals surface area (Å²) in [7, 11) is 0. The molecule has 7 nitrogen and oxygen atoms in total. The van der Waals surface area contributed by atoms with E-state index >= 15 is 0 Å². The van der Waals surface area contributed by atoms with Gasteiger partial charge < -0.3 is 9.80 Å². The number of carbonyl (C=O) groups is 2. The van der Waals surface area contributed by atoms with Crippen LogP contribution in [-0.4, -0.2) is 46.2 Å². The van der Waals surface area contributed by atoms with Crippen molar-refractivity contribution in [2.24, 2.45) is 0 Å². The van der Waals surface area contributed by atoms with E-state index in [0.29, 0.717) is 35.1 Å². The van der Waals surface area contributed by atoms with Crippen molar-refractivity contribution in [1.29, 1.82) is 0 Å². The fourth-order valence-corrected chi connectivity index (χ4v) is 6.24. The van der Waals surface area contributed by atoms with Crippen LogP contribution in [0.1, 0.15) is 64.2 Å². The standard InChI is InChI=1S/C28H29Cl2N3O4S/c1-3-4-5-12-31(28(35)19-7-6-18(2)24(15-19)33(36)37)17-26(34)32-13-10-25-22(11-14-38-25)27(32)21-9-8-20(29)16-23(21)30/h6-9,11,14-16,27H,3-5,10,12-13,17H2,1-2H3. The normalized spacial score (nSPS) is 14.7. The van der Waals surface area contributed by atoms with Gasteiger partial charge in [0.2, 0.25) is 5.91 Å². The van der Waals surface area contributed by atoms with Crippen molar-refractivity contribution >= 4 is 52.0 Å². The van der Waals surface area contributed by atoms with Gasteiger partial charge in [-0.05, 0) is 60.5 Å². The fourth-order valence-electron chi connectivity index (χ4n) is 4.82. The molecule has 0 radical (unpaired) electrons. The van der Waals surface area contributed by atoms with Gasteiger partial charge in [-0.25, -0.2) is 0 Å². The minimum absolute atomic E-state index is 0.117. The lowest BCUT2D eigenvalue weighted by molar-refractivity contribution is -0.385. The van der Waals surface area contributed by atoms with E-state index in [1.165, 1.54) is 15.8 Å². The lowest BCUT2D eigenvalue weighted by Gasteiger charge is -2.38. The van der Waals surface area contributed by atoms with E-state index in [9.17, 15) is 19.7 Å². The predicted octanol–water partition coefficient (Wildman–Crippen LogP) is 7.08. The smallest absolute Gasteiger partial charge is 0.273 e. The summed E-state index contributed by atoms with van der Waals surface area (Å²) >= 11 is 14.4. The SMILES string of the molecule is CCCCCN(CC(=O)N1CCc2sccc2C1c1ccc(Cl)cc1Cl)C(=O)c1ccc(C)c([N+](=O)[O-])c1. The first-order chi connectivity index (χ1) is 18.2.